The second kappa shape index (κ2) is 8.54. The minimum absolute atomic E-state index is 0.0398. The molecule has 1 fully saturated rings. The van der Waals surface area contributed by atoms with Crippen LogP contribution in [0.15, 0.2) is 70.4 Å². The number of nitriles is 2. The molecule has 158 valence electrons. The Bertz CT molecular complexity index is 1260. The SMILES string of the molecule is COc1ccc(/C=C2\S[C@H]3C(C#N)=C(c4ccc(OC)cc4)C(C#N)=C(N)N3C2=O)cc1. The predicted octanol–water partition coefficient (Wildman–Crippen LogP) is 3.63. The molecule has 2 N–H and O–H groups in total. The number of thioether (sulfide) groups is 1. The number of hydrogen-bond donors (Lipinski definition) is 1. The summed E-state index contributed by atoms with van der Waals surface area (Å²) in [5.41, 5.74) is 8.59. The lowest BCUT2D eigenvalue weighted by Gasteiger charge is -2.30. The van der Waals surface area contributed by atoms with Gasteiger partial charge in [0.25, 0.3) is 5.91 Å². The minimum atomic E-state index is -0.647. The predicted molar refractivity (Wildman–Crippen MR) is 122 cm³/mol. The highest BCUT2D eigenvalue weighted by molar-refractivity contribution is 8.05. The van der Waals surface area contributed by atoms with Gasteiger partial charge in [-0.05, 0) is 41.5 Å². The van der Waals surface area contributed by atoms with Gasteiger partial charge in [0.2, 0.25) is 0 Å². The van der Waals surface area contributed by atoms with E-state index in [9.17, 15) is 15.3 Å². The summed E-state index contributed by atoms with van der Waals surface area (Å²) in [7, 11) is 3.14. The van der Waals surface area contributed by atoms with E-state index >= 15 is 0 Å². The number of carbonyl (C=O) groups excluding carboxylic acids is 1. The number of rotatable bonds is 4. The van der Waals surface area contributed by atoms with E-state index < -0.39 is 5.37 Å². The number of benzene rings is 2. The number of nitrogens with zero attached hydrogens (tertiary/aromatic N) is 3. The van der Waals surface area contributed by atoms with Crippen molar-refractivity contribution < 1.29 is 14.3 Å². The highest BCUT2D eigenvalue weighted by Crippen LogP contribution is 2.48. The van der Waals surface area contributed by atoms with Gasteiger partial charge in [-0.2, -0.15) is 10.5 Å². The van der Waals surface area contributed by atoms with Crippen LogP contribution in [-0.2, 0) is 4.79 Å². The van der Waals surface area contributed by atoms with Gasteiger partial charge >= 0.3 is 0 Å². The number of methoxy groups -OCH3 is 2. The van der Waals surface area contributed by atoms with E-state index in [-0.39, 0.29) is 17.3 Å². The van der Waals surface area contributed by atoms with Crippen molar-refractivity contribution in [1.29, 1.82) is 10.5 Å². The molecule has 0 aromatic heterocycles. The maximum atomic E-state index is 13.2. The van der Waals surface area contributed by atoms with Gasteiger partial charge in [-0.15, -0.1) is 0 Å². The van der Waals surface area contributed by atoms with Crippen LogP contribution in [0.5, 0.6) is 11.5 Å². The topological polar surface area (TPSA) is 112 Å². The summed E-state index contributed by atoms with van der Waals surface area (Å²) in [4.78, 5) is 14.9. The molecule has 4 rings (SSSR count). The Hall–Kier alpha value is -4.14. The normalized spacial score (nSPS) is 19.0. The Morgan fingerprint density at radius 1 is 1.00 bits per heavy atom. The molecular weight excluding hydrogens is 424 g/mol. The molecule has 0 unspecified atom stereocenters. The average molecular weight is 443 g/mol. The zero-order chi connectivity index (χ0) is 22.8. The van der Waals surface area contributed by atoms with Crippen molar-refractivity contribution in [2.45, 2.75) is 5.37 Å². The lowest BCUT2D eigenvalue weighted by Crippen LogP contribution is -2.40. The molecule has 2 aromatic carbocycles. The zero-order valence-corrected chi connectivity index (χ0v) is 18.1. The number of hydrogen-bond acceptors (Lipinski definition) is 7. The van der Waals surface area contributed by atoms with E-state index in [0.717, 1.165) is 5.56 Å². The Kier molecular flexibility index (Phi) is 5.63. The average Bonchev–Trinajstić information content (AvgIpc) is 3.15. The third kappa shape index (κ3) is 3.47. The molecular formula is C24H18N4O3S. The molecule has 8 heteroatoms. The van der Waals surface area contributed by atoms with E-state index in [4.69, 9.17) is 15.2 Å². The van der Waals surface area contributed by atoms with Crippen LogP contribution < -0.4 is 15.2 Å². The van der Waals surface area contributed by atoms with Crippen LogP contribution in [0.4, 0.5) is 0 Å². The summed E-state index contributed by atoms with van der Waals surface area (Å²) in [5.74, 6) is 1.05. The first-order chi connectivity index (χ1) is 15.5. The first-order valence-corrected chi connectivity index (χ1v) is 10.4. The molecule has 1 amide bonds. The summed E-state index contributed by atoms with van der Waals surface area (Å²) >= 11 is 1.24. The number of carbonyl (C=O) groups is 1. The van der Waals surface area contributed by atoms with E-state index in [1.807, 2.05) is 12.1 Å². The Labute approximate surface area is 189 Å². The Balaban J connectivity index is 1.80. The lowest BCUT2D eigenvalue weighted by molar-refractivity contribution is -0.124. The monoisotopic (exact) mass is 442 g/mol. The molecule has 1 saturated heterocycles. The summed E-state index contributed by atoms with van der Waals surface area (Å²) in [6.45, 7) is 0. The van der Waals surface area contributed by atoms with Gasteiger partial charge in [-0.1, -0.05) is 36.0 Å². The van der Waals surface area contributed by atoms with Crippen molar-refractivity contribution in [3.05, 3.63) is 81.5 Å². The van der Waals surface area contributed by atoms with Crippen molar-refractivity contribution in [3.63, 3.8) is 0 Å². The Morgan fingerprint density at radius 2 is 1.59 bits per heavy atom. The van der Waals surface area contributed by atoms with Crippen molar-refractivity contribution in [1.82, 2.24) is 4.90 Å². The number of nitrogens with two attached hydrogens (primary N) is 1. The first kappa shape index (κ1) is 21.1. The standard InChI is InChI=1S/C24H18N4O3S/c1-30-16-7-3-14(4-8-16)11-20-23(29)28-22(27)18(12-25)21(19(13-26)24(28)32-20)15-5-9-17(31-2)10-6-15/h3-11,24H,27H2,1-2H3/b20-11-/t24-/m0/s1. The molecule has 0 saturated carbocycles. The van der Waals surface area contributed by atoms with Gasteiger partial charge in [0, 0.05) is 5.57 Å². The number of ether oxygens (including phenoxy) is 2. The fourth-order valence-electron chi connectivity index (χ4n) is 3.61. The van der Waals surface area contributed by atoms with Crippen molar-refractivity contribution in [2.24, 2.45) is 5.73 Å². The van der Waals surface area contributed by atoms with Crippen LogP contribution in [0, 0.1) is 22.7 Å². The molecule has 1 atom stereocenters. The third-order valence-corrected chi connectivity index (χ3v) is 6.43. The largest absolute Gasteiger partial charge is 0.497 e. The molecule has 0 radical (unpaired) electrons. The number of allylic oxidation sites excluding steroid dienone is 2. The van der Waals surface area contributed by atoms with E-state index in [1.54, 1.807) is 56.7 Å². The van der Waals surface area contributed by atoms with Gasteiger partial charge in [0.05, 0.1) is 30.8 Å². The molecule has 0 aliphatic carbocycles. The molecule has 2 heterocycles. The second-order valence-corrected chi connectivity index (χ2v) is 8.05. The molecule has 32 heavy (non-hydrogen) atoms. The molecule has 2 aliphatic rings. The van der Waals surface area contributed by atoms with Crippen molar-refractivity contribution >= 4 is 29.3 Å². The molecule has 2 aromatic rings. The van der Waals surface area contributed by atoms with Crippen molar-refractivity contribution in [2.75, 3.05) is 14.2 Å². The molecule has 0 bridgehead atoms. The van der Waals surface area contributed by atoms with E-state index in [1.165, 1.54) is 16.7 Å². The summed E-state index contributed by atoms with van der Waals surface area (Å²) in [5, 5.41) is 19.2. The van der Waals surface area contributed by atoms with Gasteiger partial charge < -0.3 is 15.2 Å². The van der Waals surface area contributed by atoms with E-state index in [2.05, 4.69) is 12.1 Å². The second-order valence-electron chi connectivity index (χ2n) is 6.93. The highest BCUT2D eigenvalue weighted by Gasteiger charge is 2.45. The maximum absolute atomic E-state index is 13.2. The van der Waals surface area contributed by atoms with E-state index in [0.29, 0.717) is 33.1 Å². The number of fused-ring (bicyclic) bond motifs is 1. The van der Waals surface area contributed by atoms with Crippen molar-refractivity contribution in [3.8, 4) is 23.6 Å². The quantitative estimate of drug-likeness (QED) is 0.720. The van der Waals surface area contributed by atoms with Crippen LogP contribution in [0.3, 0.4) is 0 Å². The summed E-state index contributed by atoms with van der Waals surface area (Å²) in [6.07, 6.45) is 1.74. The van der Waals surface area contributed by atoms with Crippen LogP contribution in [0.25, 0.3) is 11.6 Å². The summed E-state index contributed by atoms with van der Waals surface area (Å²) in [6, 6.07) is 18.6. The highest BCUT2D eigenvalue weighted by atomic mass is 32.2. The fourth-order valence-corrected chi connectivity index (χ4v) is 4.86. The first-order valence-electron chi connectivity index (χ1n) is 9.57. The molecule has 2 aliphatic heterocycles. The van der Waals surface area contributed by atoms with Gasteiger partial charge in [0.1, 0.15) is 34.3 Å². The molecule has 0 spiro atoms. The number of amides is 1. The fraction of sp³-hybridized carbons (Fsp3) is 0.125. The van der Waals surface area contributed by atoms with Gasteiger partial charge in [-0.3, -0.25) is 9.69 Å². The van der Waals surface area contributed by atoms with Crippen LogP contribution in [-0.4, -0.2) is 30.4 Å². The van der Waals surface area contributed by atoms with Crippen LogP contribution >= 0.6 is 11.8 Å². The van der Waals surface area contributed by atoms with Gasteiger partial charge in [0.15, 0.2) is 0 Å². The minimum Gasteiger partial charge on any atom is -0.497 e. The lowest BCUT2D eigenvalue weighted by atomic mass is 9.90. The maximum Gasteiger partial charge on any atom is 0.267 e. The zero-order valence-electron chi connectivity index (χ0n) is 17.3. The smallest absolute Gasteiger partial charge is 0.267 e. The van der Waals surface area contributed by atoms with Crippen LogP contribution in [0.1, 0.15) is 11.1 Å². The Morgan fingerprint density at radius 3 is 2.12 bits per heavy atom. The third-order valence-electron chi connectivity index (χ3n) is 5.21. The van der Waals surface area contributed by atoms with Crippen LogP contribution in [0.2, 0.25) is 0 Å². The molecule has 7 nitrogen and oxygen atoms in total. The van der Waals surface area contributed by atoms with Gasteiger partial charge in [-0.25, -0.2) is 0 Å². The summed E-state index contributed by atoms with van der Waals surface area (Å²) < 4.78 is 10.4.